The summed E-state index contributed by atoms with van der Waals surface area (Å²) < 4.78 is 16.9. The molecule has 4 aliphatic rings. The third-order valence-electron chi connectivity index (χ3n) is 8.04. The largest absolute Gasteiger partial charge is 0.435 e. The third kappa shape index (κ3) is 2.93. The van der Waals surface area contributed by atoms with Crippen LogP contribution in [0.25, 0.3) is 0 Å². The van der Waals surface area contributed by atoms with E-state index in [-0.39, 0.29) is 35.6 Å². The van der Waals surface area contributed by atoms with Gasteiger partial charge in [-0.2, -0.15) is 0 Å². The van der Waals surface area contributed by atoms with E-state index < -0.39 is 12.6 Å². The molecule has 5 heteroatoms. The number of allylic oxidation sites excluding steroid dienone is 2. The van der Waals surface area contributed by atoms with Crippen molar-refractivity contribution < 1.29 is 23.8 Å². The van der Waals surface area contributed by atoms with E-state index in [2.05, 4.69) is 33.8 Å². The zero-order valence-electron chi connectivity index (χ0n) is 17.1. The molecule has 0 radical (unpaired) electrons. The molecule has 0 aromatic rings. The SMILES string of the molecule is CC(=O)O[C@@H]1O[C@H]2OC(=O)C[C@@H]1C2[C@]1(C)CC[C@@H]2C(=CCCC2(C)C)[C@H]1C. The van der Waals surface area contributed by atoms with Crippen molar-refractivity contribution >= 4 is 11.9 Å². The van der Waals surface area contributed by atoms with Crippen molar-refractivity contribution in [3.8, 4) is 0 Å². The van der Waals surface area contributed by atoms with E-state index in [0.29, 0.717) is 17.3 Å². The predicted octanol–water partition coefficient (Wildman–Crippen LogP) is 4.21. The van der Waals surface area contributed by atoms with Crippen LogP contribution in [0, 0.1) is 34.5 Å². The number of hydrogen-bond donors (Lipinski definition) is 0. The molecule has 2 aliphatic heterocycles. The molecule has 0 spiro atoms. The maximum Gasteiger partial charge on any atom is 0.308 e. The standard InChI is InChI=1S/C22H32O5/c1-12-14-7-6-9-21(3,4)16(14)8-10-22(12,5)18-15-11-17(24)26-20(18)27-19(15)25-13(2)23/h7,12,15-16,18-20H,6,8-11H2,1-5H3/t12-,15-,16-,18?,19-,20-,22-/m1/s1. The number of fused-ring (bicyclic) bond motifs is 3. The van der Waals surface area contributed by atoms with Crippen molar-refractivity contribution in [2.45, 2.75) is 79.3 Å². The van der Waals surface area contributed by atoms with Gasteiger partial charge in [-0.3, -0.25) is 9.59 Å². The maximum atomic E-state index is 12.0. The summed E-state index contributed by atoms with van der Waals surface area (Å²) in [6.07, 6.45) is 6.04. The first-order valence-corrected chi connectivity index (χ1v) is 10.4. The van der Waals surface area contributed by atoms with Gasteiger partial charge in [0.25, 0.3) is 0 Å². The smallest absolute Gasteiger partial charge is 0.308 e. The molecule has 4 rings (SSSR count). The molecule has 1 unspecified atom stereocenters. The Hall–Kier alpha value is -1.36. The van der Waals surface area contributed by atoms with E-state index in [1.54, 1.807) is 5.57 Å². The summed E-state index contributed by atoms with van der Waals surface area (Å²) >= 11 is 0. The van der Waals surface area contributed by atoms with E-state index in [0.717, 1.165) is 19.3 Å². The first kappa shape index (κ1) is 19.0. The summed E-state index contributed by atoms with van der Waals surface area (Å²) in [4.78, 5) is 23.5. The molecular formula is C22H32O5. The fourth-order valence-electron chi connectivity index (χ4n) is 6.38. The van der Waals surface area contributed by atoms with Crippen molar-refractivity contribution in [2.24, 2.45) is 34.5 Å². The van der Waals surface area contributed by atoms with Crippen LogP contribution in [-0.2, 0) is 23.8 Å². The topological polar surface area (TPSA) is 61.8 Å². The van der Waals surface area contributed by atoms with Crippen LogP contribution >= 0.6 is 0 Å². The van der Waals surface area contributed by atoms with E-state index in [1.807, 2.05) is 0 Å². The predicted molar refractivity (Wildman–Crippen MR) is 99.2 cm³/mol. The lowest BCUT2D eigenvalue weighted by Crippen LogP contribution is -2.51. The molecule has 7 atom stereocenters. The Kier molecular flexibility index (Phi) is 4.45. The molecule has 0 aromatic heterocycles. The highest BCUT2D eigenvalue weighted by Crippen LogP contribution is 2.62. The number of carbonyl (C=O) groups is 2. The zero-order chi connectivity index (χ0) is 19.6. The highest BCUT2D eigenvalue weighted by Gasteiger charge is 2.62. The van der Waals surface area contributed by atoms with Gasteiger partial charge in [-0.15, -0.1) is 0 Å². The van der Waals surface area contributed by atoms with E-state index in [4.69, 9.17) is 14.2 Å². The Morgan fingerprint density at radius 2 is 2.00 bits per heavy atom. The lowest BCUT2D eigenvalue weighted by Gasteiger charge is -2.55. The lowest BCUT2D eigenvalue weighted by atomic mass is 9.50. The quantitative estimate of drug-likeness (QED) is 0.534. The number of ether oxygens (including phenoxy) is 3. The average molecular weight is 376 g/mol. The Labute approximate surface area is 161 Å². The number of hydrogen-bond acceptors (Lipinski definition) is 5. The Bertz CT molecular complexity index is 680. The van der Waals surface area contributed by atoms with E-state index >= 15 is 0 Å². The summed E-state index contributed by atoms with van der Waals surface area (Å²) in [5.41, 5.74) is 1.87. The minimum absolute atomic E-state index is 0.0410. The van der Waals surface area contributed by atoms with Gasteiger partial charge in [-0.25, -0.2) is 0 Å². The first-order chi connectivity index (χ1) is 12.6. The zero-order valence-corrected chi connectivity index (χ0v) is 17.1. The molecule has 0 N–H and O–H groups in total. The van der Waals surface area contributed by atoms with Gasteiger partial charge < -0.3 is 14.2 Å². The maximum absolute atomic E-state index is 12.0. The van der Waals surface area contributed by atoms with Gasteiger partial charge in [0, 0.05) is 18.8 Å². The van der Waals surface area contributed by atoms with Crippen molar-refractivity contribution in [3.05, 3.63) is 11.6 Å². The van der Waals surface area contributed by atoms with Gasteiger partial charge in [0.2, 0.25) is 12.6 Å². The molecular weight excluding hydrogens is 344 g/mol. The molecule has 2 saturated heterocycles. The Balaban J connectivity index is 1.65. The molecule has 2 bridgehead atoms. The fraction of sp³-hybridized carbons (Fsp3) is 0.818. The molecule has 0 aromatic carbocycles. The molecule has 5 nitrogen and oxygen atoms in total. The van der Waals surface area contributed by atoms with Crippen LogP contribution in [0.5, 0.6) is 0 Å². The highest BCUT2D eigenvalue weighted by molar-refractivity contribution is 5.71. The number of esters is 2. The second-order valence-electron chi connectivity index (χ2n) is 9.92. The van der Waals surface area contributed by atoms with Gasteiger partial charge >= 0.3 is 11.9 Å². The van der Waals surface area contributed by atoms with Crippen LogP contribution in [0.4, 0.5) is 0 Å². The van der Waals surface area contributed by atoms with Gasteiger partial charge in [0.15, 0.2) is 0 Å². The van der Waals surface area contributed by atoms with Gasteiger partial charge in [0.1, 0.15) is 0 Å². The van der Waals surface area contributed by atoms with Crippen LogP contribution in [0.3, 0.4) is 0 Å². The molecule has 1 saturated carbocycles. The monoisotopic (exact) mass is 376 g/mol. The van der Waals surface area contributed by atoms with Crippen LogP contribution in [-0.4, -0.2) is 24.5 Å². The second kappa shape index (κ2) is 6.33. The van der Waals surface area contributed by atoms with E-state index in [9.17, 15) is 9.59 Å². The first-order valence-electron chi connectivity index (χ1n) is 10.4. The summed E-state index contributed by atoms with van der Waals surface area (Å²) in [5, 5.41) is 0. The lowest BCUT2D eigenvalue weighted by molar-refractivity contribution is -0.215. The molecule has 2 aliphatic carbocycles. The number of rotatable bonds is 2. The van der Waals surface area contributed by atoms with E-state index in [1.165, 1.54) is 13.3 Å². The molecule has 0 amide bonds. The van der Waals surface area contributed by atoms with Crippen LogP contribution in [0.2, 0.25) is 0 Å². The summed E-state index contributed by atoms with van der Waals surface area (Å²) in [6.45, 7) is 10.8. The van der Waals surface area contributed by atoms with Gasteiger partial charge in [-0.05, 0) is 48.3 Å². The van der Waals surface area contributed by atoms with Crippen LogP contribution < -0.4 is 0 Å². The second-order valence-corrected chi connectivity index (χ2v) is 9.92. The van der Waals surface area contributed by atoms with Gasteiger partial charge in [-0.1, -0.05) is 39.3 Å². The number of carbonyl (C=O) groups excluding carboxylic acids is 2. The summed E-state index contributed by atoms with van der Waals surface area (Å²) in [6, 6.07) is 0. The summed E-state index contributed by atoms with van der Waals surface area (Å²) in [5.74, 6) is 0.324. The normalized spacial score (nSPS) is 45.5. The summed E-state index contributed by atoms with van der Waals surface area (Å²) in [7, 11) is 0. The Morgan fingerprint density at radius 1 is 1.26 bits per heavy atom. The van der Waals surface area contributed by atoms with Crippen molar-refractivity contribution in [1.29, 1.82) is 0 Å². The fourth-order valence-corrected chi connectivity index (χ4v) is 6.38. The van der Waals surface area contributed by atoms with Crippen molar-refractivity contribution in [3.63, 3.8) is 0 Å². The molecule has 27 heavy (non-hydrogen) atoms. The average Bonchev–Trinajstić information content (AvgIpc) is 2.79. The van der Waals surface area contributed by atoms with Gasteiger partial charge in [0.05, 0.1) is 6.42 Å². The highest BCUT2D eigenvalue weighted by atomic mass is 16.8. The minimum atomic E-state index is -0.678. The van der Waals surface area contributed by atoms with Crippen molar-refractivity contribution in [2.75, 3.05) is 0 Å². The van der Waals surface area contributed by atoms with Crippen LogP contribution in [0.1, 0.15) is 66.7 Å². The Morgan fingerprint density at radius 3 is 2.70 bits per heavy atom. The molecule has 150 valence electrons. The third-order valence-corrected chi connectivity index (χ3v) is 8.04. The van der Waals surface area contributed by atoms with Crippen LogP contribution in [0.15, 0.2) is 11.6 Å². The molecule has 2 heterocycles. The molecule has 3 fully saturated rings. The van der Waals surface area contributed by atoms with Crippen molar-refractivity contribution in [1.82, 2.24) is 0 Å². The minimum Gasteiger partial charge on any atom is -0.435 e.